The highest BCUT2D eigenvalue weighted by Crippen LogP contribution is 2.45. The molecule has 16 heavy (non-hydrogen) atoms. The molecular formula is C14H22N2. The topological polar surface area (TPSA) is 16.1 Å². The van der Waals surface area contributed by atoms with Crippen molar-refractivity contribution in [2.75, 3.05) is 0 Å². The summed E-state index contributed by atoms with van der Waals surface area (Å²) in [6.45, 7) is 12.6. The third kappa shape index (κ3) is 1.86. The van der Waals surface area contributed by atoms with Crippen molar-refractivity contribution in [2.45, 2.75) is 53.2 Å². The summed E-state index contributed by atoms with van der Waals surface area (Å²) < 4.78 is 0. The Hall–Kier alpha value is -0.890. The molecule has 2 rings (SSSR count). The third-order valence-corrected chi connectivity index (χ3v) is 3.40. The molecule has 0 spiro atoms. The van der Waals surface area contributed by atoms with Crippen LogP contribution in [0.25, 0.3) is 0 Å². The fraction of sp³-hybridized carbons (Fsp3) is 0.643. The van der Waals surface area contributed by atoms with Crippen molar-refractivity contribution in [3.05, 3.63) is 29.6 Å². The largest absolute Gasteiger partial charge is 0.289 e. The van der Waals surface area contributed by atoms with Gasteiger partial charge in [0.15, 0.2) is 0 Å². The van der Waals surface area contributed by atoms with Crippen LogP contribution in [0, 0.1) is 5.41 Å². The first-order valence-corrected chi connectivity index (χ1v) is 6.10. The van der Waals surface area contributed by atoms with E-state index in [9.17, 15) is 0 Å². The highest BCUT2D eigenvalue weighted by Gasteiger charge is 2.39. The zero-order valence-electron chi connectivity index (χ0n) is 11.0. The monoisotopic (exact) mass is 218 g/mol. The average molecular weight is 218 g/mol. The molecule has 0 bridgehead atoms. The second kappa shape index (κ2) is 3.85. The number of aromatic nitrogens is 1. The Morgan fingerprint density at radius 1 is 1.38 bits per heavy atom. The average Bonchev–Trinajstić information content (AvgIpc) is 2.55. The van der Waals surface area contributed by atoms with Gasteiger partial charge in [0, 0.05) is 31.0 Å². The van der Waals surface area contributed by atoms with Crippen molar-refractivity contribution in [3.63, 3.8) is 0 Å². The van der Waals surface area contributed by atoms with Crippen molar-refractivity contribution in [2.24, 2.45) is 5.41 Å². The molecule has 1 aliphatic rings. The van der Waals surface area contributed by atoms with Crippen LogP contribution in [0.3, 0.4) is 0 Å². The molecule has 0 aromatic carbocycles. The number of hydrogen-bond acceptors (Lipinski definition) is 2. The summed E-state index contributed by atoms with van der Waals surface area (Å²) in [5.74, 6) is 0. The Kier molecular flexibility index (Phi) is 2.79. The van der Waals surface area contributed by atoms with Gasteiger partial charge in [-0.3, -0.25) is 9.88 Å². The fourth-order valence-corrected chi connectivity index (χ4v) is 2.75. The summed E-state index contributed by atoms with van der Waals surface area (Å²) in [6, 6.07) is 3.29. The van der Waals surface area contributed by atoms with E-state index in [4.69, 9.17) is 0 Å². The van der Waals surface area contributed by atoms with Gasteiger partial charge in [-0.25, -0.2) is 0 Å². The van der Waals surface area contributed by atoms with E-state index in [-0.39, 0.29) is 5.41 Å². The van der Waals surface area contributed by atoms with Crippen LogP contribution in [0.5, 0.6) is 0 Å². The standard InChI is InChI=1S/C14H22N2/c1-10(2)16-9-11-8-15-7-6-12(11)13(16)14(3,4)5/h6-8,10,13H,9H2,1-5H3. The van der Waals surface area contributed by atoms with Gasteiger partial charge in [-0.2, -0.15) is 0 Å². The van der Waals surface area contributed by atoms with Gasteiger partial charge in [0.25, 0.3) is 0 Å². The van der Waals surface area contributed by atoms with Gasteiger partial charge < -0.3 is 0 Å². The maximum Gasteiger partial charge on any atom is 0.0407 e. The zero-order valence-corrected chi connectivity index (χ0v) is 11.0. The number of pyridine rings is 1. The predicted molar refractivity (Wildman–Crippen MR) is 67.1 cm³/mol. The van der Waals surface area contributed by atoms with Crippen LogP contribution < -0.4 is 0 Å². The fourth-order valence-electron chi connectivity index (χ4n) is 2.75. The van der Waals surface area contributed by atoms with Gasteiger partial charge in [0.1, 0.15) is 0 Å². The summed E-state index contributed by atoms with van der Waals surface area (Å²) in [6.07, 6.45) is 3.94. The van der Waals surface area contributed by atoms with E-state index in [0.717, 1.165) is 6.54 Å². The predicted octanol–water partition coefficient (Wildman–Crippen LogP) is 3.39. The van der Waals surface area contributed by atoms with E-state index in [1.807, 2.05) is 12.4 Å². The Morgan fingerprint density at radius 3 is 2.62 bits per heavy atom. The molecule has 0 saturated heterocycles. The molecule has 2 nitrogen and oxygen atoms in total. The smallest absolute Gasteiger partial charge is 0.0407 e. The molecule has 0 fully saturated rings. The molecule has 0 radical (unpaired) electrons. The summed E-state index contributed by atoms with van der Waals surface area (Å²) >= 11 is 0. The van der Waals surface area contributed by atoms with Crippen LogP contribution in [0.4, 0.5) is 0 Å². The molecular weight excluding hydrogens is 196 g/mol. The van der Waals surface area contributed by atoms with E-state index in [0.29, 0.717) is 12.1 Å². The molecule has 1 atom stereocenters. The van der Waals surface area contributed by atoms with Gasteiger partial charge in [0.05, 0.1) is 0 Å². The van der Waals surface area contributed by atoms with Crippen molar-refractivity contribution < 1.29 is 0 Å². The summed E-state index contributed by atoms with van der Waals surface area (Å²) in [5.41, 5.74) is 3.14. The minimum atomic E-state index is 0.275. The number of fused-ring (bicyclic) bond motifs is 1. The minimum Gasteiger partial charge on any atom is -0.289 e. The van der Waals surface area contributed by atoms with E-state index < -0.39 is 0 Å². The van der Waals surface area contributed by atoms with Gasteiger partial charge in [0.2, 0.25) is 0 Å². The SMILES string of the molecule is CC(C)N1Cc2cnccc2C1C(C)(C)C. The Balaban J connectivity index is 2.44. The van der Waals surface area contributed by atoms with Gasteiger partial charge >= 0.3 is 0 Å². The van der Waals surface area contributed by atoms with Crippen LogP contribution in [0.15, 0.2) is 18.5 Å². The lowest BCUT2D eigenvalue weighted by Crippen LogP contribution is -2.36. The lowest BCUT2D eigenvalue weighted by Gasteiger charge is -2.38. The second-order valence-corrected chi connectivity index (χ2v) is 6.11. The molecule has 0 N–H and O–H groups in total. The second-order valence-electron chi connectivity index (χ2n) is 6.11. The normalized spacial score (nSPS) is 21.5. The molecule has 2 heterocycles. The molecule has 1 aromatic heterocycles. The maximum atomic E-state index is 4.24. The first-order valence-electron chi connectivity index (χ1n) is 6.10. The lowest BCUT2D eigenvalue weighted by atomic mass is 9.82. The molecule has 1 aliphatic heterocycles. The highest BCUT2D eigenvalue weighted by atomic mass is 15.2. The molecule has 0 amide bonds. The Labute approximate surface area is 98.7 Å². The Morgan fingerprint density at radius 2 is 2.06 bits per heavy atom. The number of nitrogens with zero attached hydrogens (tertiary/aromatic N) is 2. The first-order chi connectivity index (χ1) is 7.41. The summed E-state index contributed by atoms with van der Waals surface area (Å²) in [5, 5.41) is 0. The lowest BCUT2D eigenvalue weighted by molar-refractivity contribution is 0.0827. The van der Waals surface area contributed by atoms with Gasteiger partial charge in [-0.1, -0.05) is 20.8 Å². The number of hydrogen-bond donors (Lipinski definition) is 0. The molecule has 1 unspecified atom stereocenters. The molecule has 0 aliphatic carbocycles. The minimum absolute atomic E-state index is 0.275. The van der Waals surface area contributed by atoms with Gasteiger partial charge in [-0.05, 0) is 36.5 Å². The van der Waals surface area contributed by atoms with Crippen LogP contribution in [0.2, 0.25) is 0 Å². The summed E-state index contributed by atoms with van der Waals surface area (Å²) in [4.78, 5) is 6.82. The van der Waals surface area contributed by atoms with Crippen LogP contribution in [-0.4, -0.2) is 15.9 Å². The highest BCUT2D eigenvalue weighted by molar-refractivity contribution is 5.32. The van der Waals surface area contributed by atoms with E-state index >= 15 is 0 Å². The molecule has 2 heteroatoms. The Bertz CT molecular complexity index is 377. The van der Waals surface area contributed by atoms with Crippen LogP contribution >= 0.6 is 0 Å². The van der Waals surface area contributed by atoms with Gasteiger partial charge in [-0.15, -0.1) is 0 Å². The van der Waals surface area contributed by atoms with E-state index in [2.05, 4.69) is 50.6 Å². The van der Waals surface area contributed by atoms with Crippen LogP contribution in [0.1, 0.15) is 51.8 Å². The first kappa shape index (κ1) is 11.6. The van der Waals surface area contributed by atoms with Crippen molar-refractivity contribution in [1.82, 2.24) is 9.88 Å². The number of rotatable bonds is 1. The van der Waals surface area contributed by atoms with Crippen molar-refractivity contribution in [1.29, 1.82) is 0 Å². The van der Waals surface area contributed by atoms with E-state index in [1.54, 1.807) is 0 Å². The summed E-state index contributed by atoms with van der Waals surface area (Å²) in [7, 11) is 0. The molecule has 1 aromatic rings. The van der Waals surface area contributed by atoms with Crippen molar-refractivity contribution in [3.8, 4) is 0 Å². The molecule has 88 valence electrons. The van der Waals surface area contributed by atoms with Crippen molar-refractivity contribution >= 4 is 0 Å². The van der Waals surface area contributed by atoms with Crippen LogP contribution in [-0.2, 0) is 6.54 Å². The maximum absolute atomic E-state index is 4.24. The quantitative estimate of drug-likeness (QED) is 0.718. The third-order valence-electron chi connectivity index (χ3n) is 3.40. The zero-order chi connectivity index (χ0) is 11.9. The van der Waals surface area contributed by atoms with E-state index in [1.165, 1.54) is 11.1 Å². The molecule has 0 saturated carbocycles.